The Labute approximate surface area is 82.8 Å². The molecule has 0 heterocycles. The number of hydrogen-bond acceptors (Lipinski definition) is 1. The summed E-state index contributed by atoms with van der Waals surface area (Å²) >= 11 is 10.8. The van der Waals surface area contributed by atoms with Crippen LogP contribution in [0.15, 0.2) is 0 Å². The Bertz CT molecular complexity index is 196. The van der Waals surface area contributed by atoms with Crippen molar-refractivity contribution in [1.82, 2.24) is 4.90 Å². The standard InChI is InChI=1S/C8H11Cl2NO/c1-4-5-11(6(2)3)8(12)7(9)10/h1,6-7H,5H2,2-3H3. The van der Waals surface area contributed by atoms with Gasteiger partial charge < -0.3 is 4.90 Å². The van der Waals surface area contributed by atoms with Crippen molar-refractivity contribution in [2.24, 2.45) is 0 Å². The molecule has 0 N–H and O–H groups in total. The Kier molecular flexibility index (Phi) is 5.12. The maximum absolute atomic E-state index is 11.2. The van der Waals surface area contributed by atoms with E-state index in [2.05, 4.69) is 5.92 Å². The number of amides is 1. The Balaban J connectivity index is 4.32. The normalized spacial score (nSPS) is 10.1. The zero-order chi connectivity index (χ0) is 9.72. The molecule has 2 nitrogen and oxygen atoms in total. The van der Waals surface area contributed by atoms with Gasteiger partial charge in [-0.05, 0) is 13.8 Å². The van der Waals surface area contributed by atoms with E-state index >= 15 is 0 Å². The van der Waals surface area contributed by atoms with E-state index in [1.807, 2.05) is 13.8 Å². The molecule has 0 rings (SSSR count). The first-order valence-corrected chi connectivity index (χ1v) is 4.40. The van der Waals surface area contributed by atoms with Crippen LogP contribution in [-0.2, 0) is 4.79 Å². The van der Waals surface area contributed by atoms with Crippen LogP contribution in [0.1, 0.15) is 13.8 Å². The summed E-state index contributed by atoms with van der Waals surface area (Å²) < 4.78 is 0. The van der Waals surface area contributed by atoms with Crippen molar-refractivity contribution in [3.8, 4) is 12.3 Å². The first-order chi connectivity index (χ1) is 5.50. The van der Waals surface area contributed by atoms with Gasteiger partial charge >= 0.3 is 0 Å². The first kappa shape index (κ1) is 11.6. The number of alkyl halides is 2. The third-order valence-electron chi connectivity index (χ3n) is 1.35. The van der Waals surface area contributed by atoms with Crippen LogP contribution in [0.3, 0.4) is 0 Å². The van der Waals surface area contributed by atoms with E-state index in [1.165, 1.54) is 4.90 Å². The lowest BCUT2D eigenvalue weighted by molar-refractivity contribution is -0.130. The fourth-order valence-electron chi connectivity index (χ4n) is 0.739. The second-order valence-electron chi connectivity index (χ2n) is 2.56. The molecule has 0 unspecified atom stereocenters. The second kappa shape index (κ2) is 5.29. The predicted molar refractivity (Wildman–Crippen MR) is 51.2 cm³/mol. The molecule has 0 radical (unpaired) electrons. The summed E-state index contributed by atoms with van der Waals surface area (Å²) in [5, 5.41) is 0. The summed E-state index contributed by atoms with van der Waals surface area (Å²) in [6.45, 7) is 3.95. The molecule has 0 saturated heterocycles. The third kappa shape index (κ3) is 3.34. The van der Waals surface area contributed by atoms with Gasteiger partial charge in [0, 0.05) is 6.04 Å². The summed E-state index contributed by atoms with van der Waals surface area (Å²) in [7, 11) is 0. The number of terminal acetylenes is 1. The van der Waals surface area contributed by atoms with E-state index in [1.54, 1.807) is 0 Å². The molecule has 0 atom stereocenters. The average Bonchev–Trinajstić information content (AvgIpc) is 1.98. The highest BCUT2D eigenvalue weighted by Gasteiger charge is 2.21. The lowest BCUT2D eigenvalue weighted by atomic mass is 10.3. The summed E-state index contributed by atoms with van der Waals surface area (Å²) in [6.07, 6.45) is 5.08. The van der Waals surface area contributed by atoms with Crippen molar-refractivity contribution in [2.75, 3.05) is 6.54 Å². The highest BCUT2D eigenvalue weighted by molar-refractivity contribution is 6.53. The van der Waals surface area contributed by atoms with Crippen LogP contribution in [-0.4, -0.2) is 28.2 Å². The molecular formula is C8H11Cl2NO. The quantitative estimate of drug-likeness (QED) is 0.510. The molecule has 0 saturated carbocycles. The largest absolute Gasteiger partial charge is 0.327 e. The highest BCUT2D eigenvalue weighted by atomic mass is 35.5. The van der Waals surface area contributed by atoms with E-state index in [0.717, 1.165) is 0 Å². The number of carbonyl (C=O) groups excluding carboxylic acids is 1. The number of rotatable bonds is 3. The van der Waals surface area contributed by atoms with Gasteiger partial charge in [-0.3, -0.25) is 4.79 Å². The molecule has 0 aliphatic carbocycles. The second-order valence-corrected chi connectivity index (χ2v) is 3.66. The fraction of sp³-hybridized carbons (Fsp3) is 0.625. The molecule has 0 bridgehead atoms. The molecule has 0 fully saturated rings. The van der Waals surface area contributed by atoms with Crippen LogP contribution in [0.4, 0.5) is 0 Å². The number of hydrogen-bond donors (Lipinski definition) is 0. The van der Waals surface area contributed by atoms with Gasteiger partial charge in [0.2, 0.25) is 0 Å². The maximum Gasteiger partial charge on any atom is 0.256 e. The van der Waals surface area contributed by atoms with Crippen molar-refractivity contribution in [3.63, 3.8) is 0 Å². The molecule has 0 aliphatic heterocycles. The minimum absolute atomic E-state index is 0.0218. The summed E-state index contributed by atoms with van der Waals surface area (Å²) in [5.74, 6) is 2.03. The van der Waals surface area contributed by atoms with Crippen molar-refractivity contribution in [2.45, 2.75) is 24.7 Å². The van der Waals surface area contributed by atoms with Crippen LogP contribution in [0.25, 0.3) is 0 Å². The van der Waals surface area contributed by atoms with Crippen molar-refractivity contribution in [1.29, 1.82) is 0 Å². The molecule has 68 valence electrons. The minimum Gasteiger partial charge on any atom is -0.327 e. The third-order valence-corrected chi connectivity index (χ3v) is 1.73. The van der Waals surface area contributed by atoms with E-state index < -0.39 is 4.84 Å². The summed E-state index contributed by atoms with van der Waals surface area (Å²) in [4.78, 5) is 11.7. The van der Waals surface area contributed by atoms with Gasteiger partial charge in [0.1, 0.15) is 0 Å². The Morgan fingerprint density at radius 3 is 2.33 bits per heavy atom. The van der Waals surface area contributed by atoms with Crippen molar-refractivity contribution < 1.29 is 4.79 Å². The molecule has 12 heavy (non-hydrogen) atoms. The van der Waals surface area contributed by atoms with E-state index in [-0.39, 0.29) is 18.5 Å². The van der Waals surface area contributed by atoms with Crippen molar-refractivity contribution in [3.05, 3.63) is 0 Å². The number of carbonyl (C=O) groups is 1. The molecule has 0 aromatic heterocycles. The smallest absolute Gasteiger partial charge is 0.256 e. The fourth-order valence-corrected chi connectivity index (χ4v) is 0.989. The van der Waals surface area contributed by atoms with Crippen LogP contribution < -0.4 is 0 Å². The highest BCUT2D eigenvalue weighted by Crippen LogP contribution is 2.09. The van der Waals surface area contributed by atoms with Crippen LogP contribution in [0.5, 0.6) is 0 Å². The molecular weight excluding hydrogens is 197 g/mol. The maximum atomic E-state index is 11.2. The molecule has 0 aromatic rings. The van der Waals surface area contributed by atoms with E-state index in [0.29, 0.717) is 0 Å². The van der Waals surface area contributed by atoms with Crippen LogP contribution >= 0.6 is 23.2 Å². The molecule has 1 amide bonds. The minimum atomic E-state index is -1.03. The molecule has 0 aromatic carbocycles. The molecule has 4 heteroatoms. The zero-order valence-electron chi connectivity index (χ0n) is 7.05. The number of nitrogens with zero attached hydrogens (tertiary/aromatic N) is 1. The zero-order valence-corrected chi connectivity index (χ0v) is 8.56. The van der Waals surface area contributed by atoms with Gasteiger partial charge in [0.25, 0.3) is 5.91 Å². The van der Waals surface area contributed by atoms with Gasteiger partial charge in [-0.1, -0.05) is 29.1 Å². The number of halogens is 2. The Morgan fingerprint density at radius 2 is 2.08 bits per heavy atom. The topological polar surface area (TPSA) is 20.3 Å². The lowest BCUT2D eigenvalue weighted by Gasteiger charge is -2.24. The SMILES string of the molecule is C#CCN(C(=O)C(Cl)Cl)C(C)C. The lowest BCUT2D eigenvalue weighted by Crippen LogP contribution is -2.40. The monoisotopic (exact) mass is 207 g/mol. The predicted octanol–water partition coefficient (Wildman–Crippen LogP) is 1.66. The van der Waals surface area contributed by atoms with Gasteiger partial charge in [-0.15, -0.1) is 6.42 Å². The Hall–Kier alpha value is -0.390. The molecule has 0 aliphatic rings. The van der Waals surface area contributed by atoms with Crippen LogP contribution in [0.2, 0.25) is 0 Å². The van der Waals surface area contributed by atoms with Gasteiger partial charge in [0.05, 0.1) is 6.54 Å². The van der Waals surface area contributed by atoms with Gasteiger partial charge in [-0.25, -0.2) is 0 Å². The van der Waals surface area contributed by atoms with Crippen LogP contribution in [0, 0.1) is 12.3 Å². The summed E-state index contributed by atoms with van der Waals surface area (Å²) in [5.41, 5.74) is 0. The van der Waals surface area contributed by atoms with E-state index in [9.17, 15) is 4.79 Å². The first-order valence-electron chi connectivity index (χ1n) is 3.52. The van der Waals surface area contributed by atoms with Crippen molar-refractivity contribution >= 4 is 29.1 Å². The summed E-state index contributed by atoms with van der Waals surface area (Å²) in [6, 6.07) is 0.0218. The van der Waals surface area contributed by atoms with Gasteiger partial charge in [0.15, 0.2) is 4.84 Å². The van der Waals surface area contributed by atoms with E-state index in [4.69, 9.17) is 29.6 Å². The Morgan fingerprint density at radius 1 is 1.58 bits per heavy atom. The van der Waals surface area contributed by atoms with Gasteiger partial charge in [-0.2, -0.15) is 0 Å². The average molecular weight is 208 g/mol. The molecule has 0 spiro atoms.